The van der Waals surface area contributed by atoms with Gasteiger partial charge in [0.15, 0.2) is 0 Å². The Morgan fingerprint density at radius 2 is 1.90 bits per heavy atom. The molecule has 0 radical (unpaired) electrons. The van der Waals surface area contributed by atoms with Crippen LogP contribution in [0, 0.1) is 0 Å². The normalized spacial score (nSPS) is 16.6. The molecule has 3 nitrogen and oxygen atoms in total. The van der Waals surface area contributed by atoms with Gasteiger partial charge in [-0.1, -0.05) is 6.07 Å². The quantitative estimate of drug-likeness (QED) is 0.878. The number of nitrogens with one attached hydrogen (secondary N) is 1. The zero-order valence-corrected chi connectivity index (χ0v) is 12.9. The maximum atomic E-state index is 12.1. The van der Waals surface area contributed by atoms with Crippen LogP contribution in [0.3, 0.4) is 0 Å². The molecular formula is C12H15BrClF3N2O. The lowest BCUT2D eigenvalue weighted by Gasteiger charge is -2.27. The second-order valence-corrected chi connectivity index (χ2v) is 5.19. The van der Waals surface area contributed by atoms with Crippen LogP contribution in [0.1, 0.15) is 5.56 Å². The summed E-state index contributed by atoms with van der Waals surface area (Å²) in [6.45, 7) is 4.50. The summed E-state index contributed by atoms with van der Waals surface area (Å²) in [5.41, 5.74) is 0.961. The average Bonchev–Trinajstić information content (AvgIpc) is 2.33. The lowest BCUT2D eigenvalue weighted by atomic mass is 10.2. The fraction of sp³-hybridized carbons (Fsp3) is 0.500. The molecule has 0 aliphatic carbocycles. The Morgan fingerprint density at radius 1 is 1.25 bits per heavy atom. The molecule has 0 unspecified atom stereocenters. The number of piperazine rings is 1. The first-order valence-electron chi connectivity index (χ1n) is 5.91. The molecule has 0 aromatic heterocycles. The summed E-state index contributed by atoms with van der Waals surface area (Å²) in [7, 11) is 0. The van der Waals surface area contributed by atoms with E-state index in [2.05, 4.69) is 30.9 Å². The topological polar surface area (TPSA) is 24.5 Å². The molecule has 1 heterocycles. The van der Waals surface area contributed by atoms with Crippen LogP contribution in [-0.4, -0.2) is 37.4 Å². The Morgan fingerprint density at radius 3 is 2.45 bits per heavy atom. The van der Waals surface area contributed by atoms with Crippen molar-refractivity contribution in [3.8, 4) is 5.75 Å². The Hall–Kier alpha value is -0.500. The molecule has 2 rings (SSSR count). The second-order valence-electron chi connectivity index (χ2n) is 4.34. The third-order valence-corrected chi connectivity index (χ3v) is 3.46. The van der Waals surface area contributed by atoms with Gasteiger partial charge in [-0.2, -0.15) is 0 Å². The van der Waals surface area contributed by atoms with Crippen LogP contribution in [0.5, 0.6) is 5.75 Å². The van der Waals surface area contributed by atoms with E-state index in [-0.39, 0.29) is 18.2 Å². The third-order valence-electron chi connectivity index (χ3n) is 2.84. The summed E-state index contributed by atoms with van der Waals surface area (Å²) < 4.78 is 40.6. The molecule has 0 amide bonds. The van der Waals surface area contributed by atoms with E-state index in [4.69, 9.17) is 0 Å². The first kappa shape index (κ1) is 17.6. The predicted molar refractivity (Wildman–Crippen MR) is 76.2 cm³/mol. The highest BCUT2D eigenvalue weighted by molar-refractivity contribution is 9.10. The van der Waals surface area contributed by atoms with E-state index in [0.29, 0.717) is 4.47 Å². The number of nitrogens with zero attached hydrogens (tertiary/aromatic N) is 1. The van der Waals surface area contributed by atoms with E-state index in [9.17, 15) is 13.2 Å². The summed E-state index contributed by atoms with van der Waals surface area (Å²) in [4.78, 5) is 2.25. The summed E-state index contributed by atoms with van der Waals surface area (Å²) in [6.07, 6.45) is -4.66. The first-order chi connectivity index (χ1) is 8.94. The van der Waals surface area contributed by atoms with Gasteiger partial charge in [0, 0.05) is 32.7 Å². The summed E-state index contributed by atoms with van der Waals surface area (Å²) in [5.74, 6) is -0.212. The molecule has 1 N–H and O–H groups in total. The van der Waals surface area contributed by atoms with Gasteiger partial charge >= 0.3 is 6.36 Å². The molecule has 114 valence electrons. The largest absolute Gasteiger partial charge is 0.573 e. The highest BCUT2D eigenvalue weighted by atomic mass is 79.9. The molecule has 0 saturated carbocycles. The molecule has 1 fully saturated rings. The van der Waals surface area contributed by atoms with Crippen molar-refractivity contribution in [1.29, 1.82) is 0 Å². The number of rotatable bonds is 3. The van der Waals surface area contributed by atoms with E-state index in [0.717, 1.165) is 38.3 Å². The van der Waals surface area contributed by atoms with Crippen molar-refractivity contribution in [3.63, 3.8) is 0 Å². The summed E-state index contributed by atoms with van der Waals surface area (Å²) >= 11 is 3.11. The second kappa shape index (κ2) is 7.49. The lowest BCUT2D eigenvalue weighted by molar-refractivity contribution is -0.274. The monoisotopic (exact) mass is 374 g/mol. The number of ether oxygens (including phenoxy) is 1. The minimum absolute atomic E-state index is 0. The van der Waals surface area contributed by atoms with E-state index >= 15 is 0 Å². The van der Waals surface area contributed by atoms with Gasteiger partial charge in [0.05, 0.1) is 4.47 Å². The molecule has 1 aliphatic heterocycles. The summed E-state index contributed by atoms with van der Waals surface area (Å²) in [6, 6.07) is 4.67. The van der Waals surface area contributed by atoms with Crippen LogP contribution in [0.15, 0.2) is 22.7 Å². The smallest absolute Gasteiger partial charge is 0.405 e. The fourth-order valence-corrected chi connectivity index (χ4v) is 2.48. The molecule has 0 spiro atoms. The Bertz CT molecular complexity index is 439. The van der Waals surface area contributed by atoms with Gasteiger partial charge in [-0.15, -0.1) is 25.6 Å². The van der Waals surface area contributed by atoms with Gasteiger partial charge in [0.2, 0.25) is 0 Å². The van der Waals surface area contributed by atoms with Crippen LogP contribution in [-0.2, 0) is 6.54 Å². The molecule has 1 aliphatic rings. The van der Waals surface area contributed by atoms with Crippen molar-refractivity contribution in [1.82, 2.24) is 10.2 Å². The maximum Gasteiger partial charge on any atom is 0.573 e. The zero-order valence-electron chi connectivity index (χ0n) is 10.5. The van der Waals surface area contributed by atoms with Crippen LogP contribution in [0.4, 0.5) is 13.2 Å². The van der Waals surface area contributed by atoms with Crippen LogP contribution >= 0.6 is 28.3 Å². The van der Waals surface area contributed by atoms with Gasteiger partial charge in [-0.3, -0.25) is 4.90 Å². The van der Waals surface area contributed by atoms with E-state index in [1.165, 1.54) is 6.07 Å². The maximum absolute atomic E-state index is 12.1. The van der Waals surface area contributed by atoms with Gasteiger partial charge in [0.25, 0.3) is 0 Å². The Kier molecular flexibility index (Phi) is 6.57. The van der Waals surface area contributed by atoms with Crippen molar-refractivity contribution in [2.75, 3.05) is 26.2 Å². The number of hydrogen-bond acceptors (Lipinski definition) is 3. The lowest BCUT2D eigenvalue weighted by Crippen LogP contribution is -2.42. The number of benzene rings is 1. The van der Waals surface area contributed by atoms with Crippen molar-refractivity contribution < 1.29 is 17.9 Å². The number of hydrogen-bond donors (Lipinski definition) is 1. The molecular weight excluding hydrogens is 360 g/mol. The van der Waals surface area contributed by atoms with Crippen LogP contribution in [0.25, 0.3) is 0 Å². The Labute approximate surface area is 130 Å². The number of alkyl halides is 3. The average molecular weight is 376 g/mol. The SMILES string of the molecule is Cl.FC(F)(F)Oc1ccc(CN2CCNCC2)cc1Br. The van der Waals surface area contributed by atoms with Gasteiger partial charge in [0.1, 0.15) is 5.75 Å². The van der Waals surface area contributed by atoms with Crippen LogP contribution < -0.4 is 10.1 Å². The van der Waals surface area contributed by atoms with Gasteiger partial charge < -0.3 is 10.1 Å². The van der Waals surface area contributed by atoms with Gasteiger partial charge in [-0.25, -0.2) is 0 Å². The highest BCUT2D eigenvalue weighted by Gasteiger charge is 2.31. The molecule has 8 heteroatoms. The fourth-order valence-electron chi connectivity index (χ4n) is 1.98. The predicted octanol–water partition coefficient (Wildman–Crippen LogP) is 3.17. The first-order valence-corrected chi connectivity index (χ1v) is 6.70. The van der Waals surface area contributed by atoms with Crippen molar-refractivity contribution in [2.45, 2.75) is 12.9 Å². The van der Waals surface area contributed by atoms with Crippen LogP contribution in [0.2, 0.25) is 0 Å². The molecule has 0 atom stereocenters. The number of halogens is 5. The van der Waals surface area contributed by atoms with Crippen molar-refractivity contribution >= 4 is 28.3 Å². The molecule has 1 aromatic rings. The zero-order chi connectivity index (χ0) is 13.9. The standard InChI is InChI=1S/C12H14BrF3N2O.ClH/c13-10-7-9(8-18-5-3-17-4-6-18)1-2-11(10)19-12(14,15)16;/h1-2,7,17H,3-6,8H2;1H. The molecule has 1 aromatic carbocycles. The third kappa shape index (κ3) is 5.47. The highest BCUT2D eigenvalue weighted by Crippen LogP contribution is 2.31. The van der Waals surface area contributed by atoms with Gasteiger partial charge in [-0.05, 0) is 33.6 Å². The minimum Gasteiger partial charge on any atom is -0.405 e. The van der Waals surface area contributed by atoms with Crippen molar-refractivity contribution in [2.24, 2.45) is 0 Å². The van der Waals surface area contributed by atoms with E-state index in [1.54, 1.807) is 12.1 Å². The van der Waals surface area contributed by atoms with E-state index in [1.807, 2.05) is 0 Å². The molecule has 0 bridgehead atoms. The summed E-state index contributed by atoms with van der Waals surface area (Å²) in [5, 5.41) is 3.25. The van der Waals surface area contributed by atoms with Crippen molar-refractivity contribution in [3.05, 3.63) is 28.2 Å². The minimum atomic E-state index is -4.66. The van der Waals surface area contributed by atoms with E-state index < -0.39 is 6.36 Å². The molecule has 20 heavy (non-hydrogen) atoms. The molecule has 1 saturated heterocycles. The Balaban J connectivity index is 0.00000200.